The zero-order valence-electron chi connectivity index (χ0n) is 7.61. The number of carboxylic acid groups (broad SMARTS) is 1. The van der Waals surface area contributed by atoms with Crippen molar-refractivity contribution in [2.45, 2.75) is 13.8 Å². The highest BCUT2D eigenvalue weighted by Gasteiger charge is 2.04. The predicted octanol–water partition coefficient (Wildman–Crippen LogP) is 2.20. The largest absolute Gasteiger partial charge is 0.478 e. The normalized spacial score (nSPS) is 11.4. The molecule has 0 aliphatic carbocycles. The van der Waals surface area contributed by atoms with Crippen LogP contribution in [-0.4, -0.2) is 16.1 Å². The molecular weight excluding hydrogens is 166 g/mol. The molecule has 3 nitrogen and oxygen atoms in total. The lowest BCUT2D eigenvalue weighted by atomic mass is 10.1. The molecule has 13 heavy (non-hydrogen) atoms. The third kappa shape index (κ3) is 2.15. The quantitative estimate of drug-likeness (QED) is 0.753. The van der Waals surface area contributed by atoms with Gasteiger partial charge in [-0.05, 0) is 31.6 Å². The van der Waals surface area contributed by atoms with Crippen LogP contribution in [0, 0.1) is 0 Å². The summed E-state index contributed by atoms with van der Waals surface area (Å²) < 4.78 is 0. The van der Waals surface area contributed by atoms with Crippen LogP contribution in [0.3, 0.4) is 0 Å². The summed E-state index contributed by atoms with van der Waals surface area (Å²) in [4.78, 5) is 14.7. The van der Waals surface area contributed by atoms with E-state index in [4.69, 9.17) is 5.11 Å². The Morgan fingerprint density at radius 2 is 2.31 bits per heavy atom. The molecule has 0 aromatic carbocycles. The van der Waals surface area contributed by atoms with Crippen molar-refractivity contribution < 1.29 is 9.90 Å². The number of carboxylic acids is 1. The summed E-state index contributed by atoms with van der Waals surface area (Å²) in [5.41, 5.74) is 1.96. The summed E-state index contributed by atoms with van der Waals surface area (Å²) in [6, 6.07) is 3.05. The Morgan fingerprint density at radius 3 is 2.85 bits per heavy atom. The zero-order chi connectivity index (χ0) is 9.84. The summed E-state index contributed by atoms with van der Waals surface area (Å²) in [6.45, 7) is 3.79. The molecule has 1 rings (SSSR count). The Hall–Kier alpha value is -1.64. The van der Waals surface area contributed by atoms with Crippen LogP contribution in [0.5, 0.6) is 0 Å². The maximum Gasteiger partial charge on any atom is 0.335 e. The van der Waals surface area contributed by atoms with E-state index in [0.29, 0.717) is 5.69 Å². The van der Waals surface area contributed by atoms with E-state index in [1.165, 1.54) is 12.3 Å². The van der Waals surface area contributed by atoms with Crippen LogP contribution >= 0.6 is 0 Å². The van der Waals surface area contributed by atoms with E-state index >= 15 is 0 Å². The summed E-state index contributed by atoms with van der Waals surface area (Å²) in [6.07, 6.45) is 3.40. The molecule has 0 amide bonds. The molecule has 0 saturated carbocycles. The van der Waals surface area contributed by atoms with Gasteiger partial charge in [-0.1, -0.05) is 6.08 Å². The van der Waals surface area contributed by atoms with Crippen molar-refractivity contribution in [2.75, 3.05) is 0 Å². The maximum atomic E-state index is 10.6. The molecule has 0 radical (unpaired) electrons. The van der Waals surface area contributed by atoms with Crippen LogP contribution in [0.2, 0.25) is 0 Å². The van der Waals surface area contributed by atoms with Gasteiger partial charge in [-0.3, -0.25) is 4.98 Å². The Labute approximate surface area is 76.7 Å². The average molecular weight is 177 g/mol. The molecule has 68 valence electrons. The highest BCUT2D eigenvalue weighted by atomic mass is 16.4. The minimum absolute atomic E-state index is 0.270. The van der Waals surface area contributed by atoms with E-state index < -0.39 is 5.97 Å². The van der Waals surface area contributed by atoms with Crippen molar-refractivity contribution in [1.29, 1.82) is 0 Å². The first kappa shape index (κ1) is 9.45. The van der Waals surface area contributed by atoms with E-state index in [9.17, 15) is 4.79 Å². The molecular formula is C10H11NO2. The Bertz CT molecular complexity index is 356. The zero-order valence-corrected chi connectivity index (χ0v) is 7.61. The fourth-order valence-electron chi connectivity index (χ4n) is 0.927. The average Bonchev–Trinajstić information content (AvgIpc) is 2.17. The van der Waals surface area contributed by atoms with E-state index in [1.54, 1.807) is 6.07 Å². The minimum atomic E-state index is -0.924. The molecule has 1 aromatic heterocycles. The number of hydrogen-bond acceptors (Lipinski definition) is 2. The number of allylic oxidation sites excluding steroid dienone is 2. The van der Waals surface area contributed by atoms with Gasteiger partial charge in [0.1, 0.15) is 0 Å². The van der Waals surface area contributed by atoms with Gasteiger partial charge in [0.2, 0.25) is 0 Å². The van der Waals surface area contributed by atoms with Gasteiger partial charge in [0.05, 0.1) is 11.3 Å². The van der Waals surface area contributed by atoms with Gasteiger partial charge in [-0.15, -0.1) is 0 Å². The molecule has 0 unspecified atom stereocenters. The lowest BCUT2D eigenvalue weighted by molar-refractivity contribution is 0.0696. The van der Waals surface area contributed by atoms with Crippen molar-refractivity contribution in [2.24, 2.45) is 0 Å². The standard InChI is InChI=1S/C10H11NO2/c1-3-7(2)9-6-8(10(12)13)4-5-11-9/h3-6H,1-2H3,(H,12,13). The van der Waals surface area contributed by atoms with Crippen molar-refractivity contribution in [3.63, 3.8) is 0 Å². The van der Waals surface area contributed by atoms with Crippen LogP contribution in [0.4, 0.5) is 0 Å². The van der Waals surface area contributed by atoms with E-state index in [0.717, 1.165) is 5.57 Å². The topological polar surface area (TPSA) is 50.2 Å². The number of aromatic nitrogens is 1. The molecule has 1 heterocycles. The molecule has 0 atom stereocenters. The fourth-order valence-corrected chi connectivity index (χ4v) is 0.927. The first-order valence-corrected chi connectivity index (χ1v) is 3.97. The number of pyridine rings is 1. The van der Waals surface area contributed by atoms with E-state index in [-0.39, 0.29) is 5.56 Å². The number of rotatable bonds is 2. The van der Waals surface area contributed by atoms with Crippen LogP contribution in [0.1, 0.15) is 29.9 Å². The number of aromatic carboxylic acids is 1. The molecule has 0 saturated heterocycles. The highest BCUT2D eigenvalue weighted by Crippen LogP contribution is 2.11. The van der Waals surface area contributed by atoms with Gasteiger partial charge >= 0.3 is 5.97 Å². The summed E-state index contributed by atoms with van der Waals surface area (Å²) >= 11 is 0. The molecule has 1 aromatic rings. The minimum Gasteiger partial charge on any atom is -0.478 e. The smallest absolute Gasteiger partial charge is 0.335 e. The van der Waals surface area contributed by atoms with Crippen LogP contribution in [-0.2, 0) is 0 Å². The predicted molar refractivity (Wildman–Crippen MR) is 50.5 cm³/mol. The Balaban J connectivity index is 3.13. The molecule has 0 bridgehead atoms. The maximum absolute atomic E-state index is 10.6. The van der Waals surface area contributed by atoms with Crippen LogP contribution < -0.4 is 0 Å². The second kappa shape index (κ2) is 3.85. The number of carbonyl (C=O) groups is 1. The SMILES string of the molecule is CC=C(C)c1cc(C(=O)O)ccn1. The summed E-state index contributed by atoms with van der Waals surface area (Å²) in [5, 5.41) is 8.72. The van der Waals surface area contributed by atoms with Gasteiger partial charge in [0.25, 0.3) is 0 Å². The molecule has 0 aliphatic rings. The third-order valence-corrected chi connectivity index (χ3v) is 1.84. The van der Waals surface area contributed by atoms with Crippen LogP contribution in [0.15, 0.2) is 24.4 Å². The van der Waals surface area contributed by atoms with Crippen molar-refractivity contribution >= 4 is 11.5 Å². The Morgan fingerprint density at radius 1 is 1.62 bits per heavy atom. The van der Waals surface area contributed by atoms with Crippen molar-refractivity contribution in [1.82, 2.24) is 4.98 Å². The molecule has 0 aliphatic heterocycles. The van der Waals surface area contributed by atoms with Gasteiger partial charge in [0.15, 0.2) is 0 Å². The molecule has 1 N–H and O–H groups in total. The molecule has 0 spiro atoms. The van der Waals surface area contributed by atoms with Crippen LogP contribution in [0.25, 0.3) is 5.57 Å². The number of hydrogen-bond donors (Lipinski definition) is 1. The lowest BCUT2D eigenvalue weighted by Crippen LogP contribution is -1.98. The monoisotopic (exact) mass is 177 g/mol. The first-order valence-electron chi connectivity index (χ1n) is 3.97. The number of nitrogens with zero attached hydrogens (tertiary/aromatic N) is 1. The second-order valence-electron chi connectivity index (χ2n) is 2.71. The molecule has 0 fully saturated rings. The van der Waals surface area contributed by atoms with Gasteiger partial charge < -0.3 is 5.11 Å². The fraction of sp³-hybridized carbons (Fsp3) is 0.200. The van der Waals surface area contributed by atoms with Gasteiger partial charge in [-0.2, -0.15) is 0 Å². The van der Waals surface area contributed by atoms with Crippen molar-refractivity contribution in [3.8, 4) is 0 Å². The third-order valence-electron chi connectivity index (χ3n) is 1.84. The Kier molecular flexibility index (Phi) is 2.80. The second-order valence-corrected chi connectivity index (χ2v) is 2.71. The van der Waals surface area contributed by atoms with Gasteiger partial charge in [-0.25, -0.2) is 4.79 Å². The van der Waals surface area contributed by atoms with E-state index in [2.05, 4.69) is 4.98 Å². The molecule has 3 heteroatoms. The van der Waals surface area contributed by atoms with Gasteiger partial charge in [0, 0.05) is 6.20 Å². The summed E-state index contributed by atoms with van der Waals surface area (Å²) in [5.74, 6) is -0.924. The summed E-state index contributed by atoms with van der Waals surface area (Å²) in [7, 11) is 0. The van der Waals surface area contributed by atoms with Crippen molar-refractivity contribution in [3.05, 3.63) is 35.7 Å². The highest BCUT2D eigenvalue weighted by molar-refractivity contribution is 5.88. The lowest BCUT2D eigenvalue weighted by Gasteiger charge is -2.00. The van der Waals surface area contributed by atoms with E-state index in [1.807, 2.05) is 19.9 Å². The first-order chi connectivity index (χ1) is 6.15.